The lowest BCUT2D eigenvalue weighted by molar-refractivity contribution is 0.285. The van der Waals surface area contributed by atoms with Crippen molar-refractivity contribution < 1.29 is 4.74 Å². The highest BCUT2D eigenvalue weighted by Crippen LogP contribution is 2.29. The van der Waals surface area contributed by atoms with Crippen LogP contribution in [0.3, 0.4) is 0 Å². The Balaban J connectivity index is 1.84. The van der Waals surface area contributed by atoms with Gasteiger partial charge in [-0.1, -0.05) is 0 Å². The van der Waals surface area contributed by atoms with Crippen molar-refractivity contribution in [3.8, 4) is 5.88 Å². The van der Waals surface area contributed by atoms with Gasteiger partial charge >= 0.3 is 0 Å². The molecule has 0 unspecified atom stereocenters. The van der Waals surface area contributed by atoms with Crippen LogP contribution in [0.2, 0.25) is 0 Å². The van der Waals surface area contributed by atoms with E-state index < -0.39 is 0 Å². The van der Waals surface area contributed by atoms with Crippen LogP contribution >= 0.6 is 0 Å². The highest BCUT2D eigenvalue weighted by atomic mass is 16.5. The second-order valence-corrected chi connectivity index (χ2v) is 3.26. The summed E-state index contributed by atoms with van der Waals surface area (Å²) in [5.41, 5.74) is 0. The molecule has 3 nitrogen and oxygen atoms in total. The second-order valence-electron chi connectivity index (χ2n) is 3.26. The molecule has 0 aliphatic heterocycles. The molecule has 1 fully saturated rings. The molecule has 1 aliphatic rings. The molecule has 0 amide bonds. The zero-order chi connectivity index (χ0) is 8.39. The van der Waals surface area contributed by atoms with Gasteiger partial charge in [-0.05, 0) is 25.7 Å². The van der Waals surface area contributed by atoms with E-state index >= 15 is 0 Å². The summed E-state index contributed by atoms with van der Waals surface area (Å²) in [5, 5.41) is 4.22. The number of hydrogen-bond donors (Lipinski definition) is 0. The largest absolute Gasteiger partial charge is 0.476 e. The van der Waals surface area contributed by atoms with E-state index in [0.29, 0.717) is 0 Å². The van der Waals surface area contributed by atoms with Crippen LogP contribution in [0.25, 0.3) is 0 Å². The van der Waals surface area contributed by atoms with Crippen LogP contribution in [0.15, 0.2) is 12.3 Å². The van der Waals surface area contributed by atoms with E-state index in [0.717, 1.165) is 24.9 Å². The predicted octanol–water partition coefficient (Wildman–Crippen LogP) is 1.69. The van der Waals surface area contributed by atoms with Gasteiger partial charge in [-0.2, -0.15) is 0 Å². The summed E-state index contributed by atoms with van der Waals surface area (Å²) in [6, 6.07) is 1.92. The van der Waals surface area contributed by atoms with Crippen LogP contribution in [0.4, 0.5) is 0 Å². The fourth-order valence-electron chi connectivity index (χ4n) is 1.08. The topological polar surface area (TPSA) is 27.1 Å². The van der Waals surface area contributed by atoms with Crippen molar-refractivity contribution in [2.24, 2.45) is 5.92 Å². The summed E-state index contributed by atoms with van der Waals surface area (Å²) in [4.78, 5) is 0. The van der Waals surface area contributed by atoms with E-state index in [-0.39, 0.29) is 0 Å². The molecule has 0 bridgehead atoms. The van der Waals surface area contributed by atoms with E-state index in [1.54, 1.807) is 0 Å². The lowest BCUT2D eigenvalue weighted by Gasteiger charge is -1.99. The minimum atomic E-state index is 0.767. The molecule has 1 heterocycles. The van der Waals surface area contributed by atoms with Crippen LogP contribution in [-0.4, -0.2) is 16.4 Å². The molecule has 1 aliphatic carbocycles. The van der Waals surface area contributed by atoms with Crippen LogP contribution in [0.1, 0.15) is 19.8 Å². The molecule has 0 radical (unpaired) electrons. The van der Waals surface area contributed by atoms with Gasteiger partial charge in [0.2, 0.25) is 5.88 Å². The molecule has 1 aromatic rings. The van der Waals surface area contributed by atoms with E-state index in [9.17, 15) is 0 Å². The van der Waals surface area contributed by atoms with Gasteiger partial charge in [-0.3, -0.25) is 4.68 Å². The smallest absolute Gasteiger partial charge is 0.232 e. The van der Waals surface area contributed by atoms with Crippen molar-refractivity contribution in [1.82, 2.24) is 9.78 Å². The molecule has 0 saturated heterocycles. The van der Waals surface area contributed by atoms with E-state index in [1.807, 2.05) is 16.9 Å². The lowest BCUT2D eigenvalue weighted by Crippen LogP contribution is -2.01. The lowest BCUT2D eigenvalue weighted by atomic mass is 10.5. The predicted molar refractivity (Wildman–Crippen MR) is 46.1 cm³/mol. The van der Waals surface area contributed by atoms with Crippen LogP contribution in [0, 0.1) is 5.92 Å². The first kappa shape index (κ1) is 7.65. The number of nitrogens with zero attached hydrogens (tertiary/aromatic N) is 2. The SMILES string of the molecule is CCn1ccc(OCC2CC2)n1. The molecule has 1 saturated carbocycles. The van der Waals surface area contributed by atoms with Gasteiger partial charge < -0.3 is 4.74 Å². The third-order valence-electron chi connectivity index (χ3n) is 2.10. The van der Waals surface area contributed by atoms with E-state index in [2.05, 4.69) is 12.0 Å². The van der Waals surface area contributed by atoms with Gasteiger partial charge in [0, 0.05) is 18.8 Å². The Labute approximate surface area is 72.3 Å². The molecule has 3 heteroatoms. The van der Waals surface area contributed by atoms with E-state index in [1.165, 1.54) is 12.8 Å². The molecule has 0 aromatic carbocycles. The van der Waals surface area contributed by atoms with Gasteiger partial charge in [-0.15, -0.1) is 5.10 Å². The van der Waals surface area contributed by atoms with Crippen molar-refractivity contribution in [3.05, 3.63) is 12.3 Å². The number of rotatable bonds is 4. The van der Waals surface area contributed by atoms with Gasteiger partial charge in [0.05, 0.1) is 6.61 Å². The van der Waals surface area contributed by atoms with Gasteiger partial charge in [0.15, 0.2) is 0 Å². The summed E-state index contributed by atoms with van der Waals surface area (Å²) in [6.45, 7) is 3.82. The fourth-order valence-corrected chi connectivity index (χ4v) is 1.08. The maximum Gasteiger partial charge on any atom is 0.232 e. The van der Waals surface area contributed by atoms with Crippen molar-refractivity contribution >= 4 is 0 Å². The highest BCUT2D eigenvalue weighted by molar-refractivity contribution is 5.05. The molecule has 66 valence electrons. The van der Waals surface area contributed by atoms with Crippen molar-refractivity contribution in [3.63, 3.8) is 0 Å². The molecule has 2 rings (SSSR count). The summed E-state index contributed by atoms with van der Waals surface area (Å²) >= 11 is 0. The molecular weight excluding hydrogens is 152 g/mol. The fraction of sp³-hybridized carbons (Fsp3) is 0.667. The average Bonchev–Trinajstić information content (AvgIpc) is 2.81. The summed E-state index contributed by atoms with van der Waals surface area (Å²) < 4.78 is 7.36. The maximum atomic E-state index is 5.48. The zero-order valence-electron chi connectivity index (χ0n) is 7.36. The number of aromatic nitrogens is 2. The quantitative estimate of drug-likeness (QED) is 0.680. The molecule has 12 heavy (non-hydrogen) atoms. The standard InChI is InChI=1S/C9H14N2O/c1-2-11-6-5-9(10-11)12-7-8-3-4-8/h5-6,8H,2-4,7H2,1H3. The van der Waals surface area contributed by atoms with Gasteiger partial charge in [-0.25, -0.2) is 0 Å². The van der Waals surface area contributed by atoms with Crippen LogP contribution in [0.5, 0.6) is 5.88 Å². The molecule has 1 aromatic heterocycles. The minimum Gasteiger partial charge on any atom is -0.476 e. The van der Waals surface area contributed by atoms with Crippen LogP contribution in [-0.2, 0) is 6.54 Å². The first-order valence-electron chi connectivity index (χ1n) is 4.54. The monoisotopic (exact) mass is 166 g/mol. The number of ether oxygens (including phenoxy) is 1. The maximum absolute atomic E-state index is 5.48. The molecular formula is C9H14N2O. The first-order valence-corrected chi connectivity index (χ1v) is 4.54. The summed E-state index contributed by atoms with van der Waals surface area (Å²) in [6.07, 6.45) is 4.60. The van der Waals surface area contributed by atoms with Gasteiger partial charge in [0.1, 0.15) is 0 Å². The zero-order valence-corrected chi connectivity index (χ0v) is 7.36. The Bertz CT molecular complexity index is 253. The average molecular weight is 166 g/mol. The Hall–Kier alpha value is -0.990. The van der Waals surface area contributed by atoms with Crippen LogP contribution < -0.4 is 4.74 Å². The Morgan fingerprint density at radius 3 is 3.08 bits per heavy atom. The Morgan fingerprint density at radius 2 is 2.50 bits per heavy atom. The third kappa shape index (κ3) is 1.78. The normalized spacial score (nSPS) is 16.4. The number of aryl methyl sites for hydroxylation is 1. The van der Waals surface area contributed by atoms with E-state index in [4.69, 9.17) is 4.74 Å². The minimum absolute atomic E-state index is 0.767. The Kier molecular flexibility index (Phi) is 2.02. The van der Waals surface area contributed by atoms with Crippen molar-refractivity contribution in [1.29, 1.82) is 0 Å². The third-order valence-corrected chi connectivity index (χ3v) is 2.10. The second kappa shape index (κ2) is 3.17. The molecule has 0 N–H and O–H groups in total. The van der Waals surface area contributed by atoms with Gasteiger partial charge in [0.25, 0.3) is 0 Å². The highest BCUT2D eigenvalue weighted by Gasteiger charge is 2.22. The van der Waals surface area contributed by atoms with Crippen molar-refractivity contribution in [2.45, 2.75) is 26.3 Å². The summed E-state index contributed by atoms with van der Waals surface area (Å²) in [7, 11) is 0. The molecule has 0 atom stereocenters. The Morgan fingerprint density at radius 1 is 1.67 bits per heavy atom. The molecule has 0 spiro atoms. The van der Waals surface area contributed by atoms with Crippen molar-refractivity contribution in [2.75, 3.05) is 6.61 Å². The number of hydrogen-bond acceptors (Lipinski definition) is 2. The summed E-state index contributed by atoms with van der Waals surface area (Å²) in [5.74, 6) is 1.57. The first-order chi connectivity index (χ1) is 5.88.